The molecule has 0 aliphatic rings. The molecule has 0 heterocycles. The van der Waals surface area contributed by atoms with Crippen LogP contribution in [0.15, 0.2) is 0 Å². The van der Waals surface area contributed by atoms with Gasteiger partial charge in [-0.3, -0.25) is 0 Å². The molecule has 0 aromatic heterocycles. The Hall–Kier alpha value is 0.617. The molecule has 0 aromatic rings. The number of halogens is 1. The predicted octanol–water partition coefficient (Wildman–Crippen LogP) is 3.19. The van der Waals surface area contributed by atoms with Crippen LogP contribution in [0.25, 0.3) is 0 Å². The highest BCUT2D eigenvalue weighted by Gasteiger charge is 2.38. The van der Waals surface area contributed by atoms with Gasteiger partial charge in [0.1, 0.15) is 0 Å². The minimum Gasteiger partial charge on any atom is -0.390 e. The summed E-state index contributed by atoms with van der Waals surface area (Å²) in [5.74, 6) is 0. The van der Waals surface area contributed by atoms with Crippen LogP contribution >= 0.6 is 15.3 Å². The van der Waals surface area contributed by atoms with Crippen molar-refractivity contribution in [1.82, 2.24) is 0 Å². The van der Waals surface area contributed by atoms with Crippen molar-refractivity contribution in [2.45, 2.75) is 38.7 Å². The van der Waals surface area contributed by atoms with Crippen LogP contribution < -0.4 is 0 Å². The maximum Gasteiger partial charge on any atom is 0.416 e. The summed E-state index contributed by atoms with van der Waals surface area (Å²) in [5.41, 5.74) is 0.507. The van der Waals surface area contributed by atoms with Crippen LogP contribution in [-0.2, 0) is 8.85 Å². The average Bonchev–Trinajstić information content (AvgIpc) is 2.12. The zero-order valence-electron chi connectivity index (χ0n) is 8.39. The zero-order valence-corrected chi connectivity index (χ0v) is 11.0. The molecule has 0 aliphatic carbocycles. The Kier molecular flexibility index (Phi) is 6.44. The number of hydrogen-bond donors (Lipinski definition) is 0. The molecule has 0 bridgehead atoms. The summed E-state index contributed by atoms with van der Waals surface area (Å²) >= 11 is 3.57. The predicted molar refractivity (Wildman–Crippen MR) is 57.6 cm³/mol. The van der Waals surface area contributed by atoms with Crippen molar-refractivity contribution in [2.75, 3.05) is 14.2 Å². The summed E-state index contributed by atoms with van der Waals surface area (Å²) < 4.78 is 10.8. The number of rotatable bonds is 6. The first-order valence-corrected chi connectivity index (χ1v) is 8.55. The molecule has 4 heteroatoms. The molecule has 0 N–H and O–H groups in total. The van der Waals surface area contributed by atoms with Gasteiger partial charge in [-0.2, -0.15) is 0 Å². The van der Waals surface area contributed by atoms with Crippen LogP contribution in [0.4, 0.5) is 0 Å². The number of unbranched alkanes of at least 4 members (excludes halogenated alkanes) is 1. The molecule has 0 fully saturated rings. The fourth-order valence-corrected chi connectivity index (χ4v) is 3.38. The third-order valence-corrected chi connectivity index (χ3v) is 9.00. The van der Waals surface area contributed by atoms with Crippen molar-refractivity contribution in [2.24, 2.45) is 0 Å². The van der Waals surface area contributed by atoms with E-state index in [9.17, 15) is 0 Å². The largest absolute Gasteiger partial charge is 0.416 e. The third-order valence-electron chi connectivity index (χ3n) is 2.14. The normalized spacial score (nSPS) is 14.8. The molecule has 2 nitrogen and oxygen atoms in total. The smallest absolute Gasteiger partial charge is 0.390 e. The van der Waals surface area contributed by atoms with Crippen molar-refractivity contribution in [3.8, 4) is 0 Å². The highest BCUT2D eigenvalue weighted by molar-refractivity contribution is 9.25. The fraction of sp³-hybridized carbons (Fsp3) is 1.00. The van der Waals surface area contributed by atoms with Gasteiger partial charge in [0, 0.05) is 19.8 Å². The van der Waals surface area contributed by atoms with Crippen molar-refractivity contribution in [1.29, 1.82) is 0 Å². The Labute approximate surface area is 84.5 Å². The van der Waals surface area contributed by atoms with Crippen LogP contribution in [0.2, 0.25) is 5.54 Å². The molecule has 0 saturated carbocycles. The molecule has 0 aromatic carbocycles. The molecule has 0 amide bonds. The second kappa shape index (κ2) is 6.13. The SMILES string of the molecule is CCCCC(C)[Si](Br)(OC)OC. The molecule has 0 saturated heterocycles. The highest BCUT2D eigenvalue weighted by atomic mass is 79.9. The first kappa shape index (κ1) is 12.6. The van der Waals surface area contributed by atoms with E-state index in [1.165, 1.54) is 19.3 Å². The van der Waals surface area contributed by atoms with Gasteiger partial charge in [0.2, 0.25) is 0 Å². The van der Waals surface area contributed by atoms with Gasteiger partial charge in [0.05, 0.1) is 0 Å². The van der Waals surface area contributed by atoms with Gasteiger partial charge in [0.25, 0.3) is 0 Å². The molecule has 74 valence electrons. The van der Waals surface area contributed by atoms with Crippen LogP contribution in [0.3, 0.4) is 0 Å². The first-order chi connectivity index (χ1) is 5.60. The average molecular weight is 255 g/mol. The second-order valence-corrected chi connectivity index (χ2v) is 9.32. The summed E-state index contributed by atoms with van der Waals surface area (Å²) in [6.45, 7) is 4.38. The van der Waals surface area contributed by atoms with Gasteiger partial charge in [-0.05, 0) is 6.42 Å². The van der Waals surface area contributed by atoms with E-state index in [4.69, 9.17) is 8.85 Å². The first-order valence-electron chi connectivity index (χ1n) is 4.40. The van der Waals surface area contributed by atoms with E-state index < -0.39 is 7.18 Å². The third kappa shape index (κ3) is 3.56. The molecule has 1 atom stereocenters. The molecule has 12 heavy (non-hydrogen) atoms. The number of hydrogen-bond acceptors (Lipinski definition) is 2. The van der Waals surface area contributed by atoms with Crippen LogP contribution in [0, 0.1) is 0 Å². The van der Waals surface area contributed by atoms with Crippen molar-refractivity contribution >= 4 is 22.5 Å². The Morgan fingerprint density at radius 2 is 1.83 bits per heavy atom. The van der Waals surface area contributed by atoms with Gasteiger partial charge >= 0.3 is 7.18 Å². The standard InChI is InChI=1S/C8H19BrO2Si/c1-5-6-7-8(2)12(9,10-3)11-4/h8H,5-7H2,1-4H3. The lowest BCUT2D eigenvalue weighted by molar-refractivity contribution is 0.256. The summed E-state index contributed by atoms with van der Waals surface area (Å²) in [4.78, 5) is 0. The molecular weight excluding hydrogens is 236 g/mol. The van der Waals surface area contributed by atoms with Gasteiger partial charge < -0.3 is 8.85 Å². The van der Waals surface area contributed by atoms with E-state index in [-0.39, 0.29) is 0 Å². The highest BCUT2D eigenvalue weighted by Crippen LogP contribution is 2.32. The molecule has 0 radical (unpaired) electrons. The maximum absolute atomic E-state index is 5.38. The fourth-order valence-electron chi connectivity index (χ4n) is 1.17. The van der Waals surface area contributed by atoms with E-state index in [0.29, 0.717) is 5.54 Å². The summed E-state index contributed by atoms with van der Waals surface area (Å²) in [6.07, 6.45) is 3.65. The zero-order chi connectivity index (χ0) is 9.61. The lowest BCUT2D eigenvalue weighted by atomic mass is 10.2. The van der Waals surface area contributed by atoms with Gasteiger partial charge in [-0.15, -0.1) is 0 Å². The second-order valence-electron chi connectivity index (χ2n) is 3.03. The van der Waals surface area contributed by atoms with Crippen LogP contribution in [0.1, 0.15) is 33.1 Å². The summed E-state index contributed by atoms with van der Waals surface area (Å²) in [5, 5.41) is 0. The molecular formula is C8H19BrO2Si. The van der Waals surface area contributed by atoms with E-state index >= 15 is 0 Å². The van der Waals surface area contributed by atoms with Crippen LogP contribution in [0.5, 0.6) is 0 Å². The Balaban J connectivity index is 3.93. The van der Waals surface area contributed by atoms with E-state index in [2.05, 4.69) is 29.1 Å². The molecule has 0 spiro atoms. The quantitative estimate of drug-likeness (QED) is 0.536. The maximum atomic E-state index is 5.38. The van der Waals surface area contributed by atoms with Gasteiger partial charge in [-0.1, -0.05) is 42.0 Å². The van der Waals surface area contributed by atoms with Gasteiger partial charge in [0.15, 0.2) is 0 Å². The van der Waals surface area contributed by atoms with E-state index in [1.807, 2.05) is 0 Å². The van der Waals surface area contributed by atoms with Crippen molar-refractivity contribution in [3.05, 3.63) is 0 Å². The topological polar surface area (TPSA) is 18.5 Å². The van der Waals surface area contributed by atoms with E-state index in [0.717, 1.165) is 0 Å². The lowest BCUT2D eigenvalue weighted by Gasteiger charge is -2.26. The lowest BCUT2D eigenvalue weighted by Crippen LogP contribution is -2.37. The molecule has 0 rings (SSSR count). The summed E-state index contributed by atoms with van der Waals surface area (Å²) in [7, 11) is 1.40. The minimum absolute atomic E-state index is 0.507. The monoisotopic (exact) mass is 254 g/mol. The van der Waals surface area contributed by atoms with Crippen molar-refractivity contribution in [3.63, 3.8) is 0 Å². The van der Waals surface area contributed by atoms with Gasteiger partial charge in [-0.25, -0.2) is 0 Å². The Morgan fingerprint density at radius 3 is 2.17 bits per heavy atom. The minimum atomic E-state index is -2.03. The van der Waals surface area contributed by atoms with Crippen LogP contribution in [-0.4, -0.2) is 21.4 Å². The molecule has 0 aliphatic heterocycles. The molecule has 1 unspecified atom stereocenters. The Bertz CT molecular complexity index is 118. The summed E-state index contributed by atoms with van der Waals surface area (Å²) in [6, 6.07) is 0. The Morgan fingerprint density at radius 1 is 1.33 bits per heavy atom. The van der Waals surface area contributed by atoms with Crippen molar-refractivity contribution < 1.29 is 8.85 Å². The van der Waals surface area contributed by atoms with E-state index in [1.54, 1.807) is 14.2 Å².